The third kappa shape index (κ3) is 2.67. The van der Waals surface area contributed by atoms with E-state index in [1.165, 1.54) is 10.8 Å². The Hall–Kier alpha value is -3.74. The highest BCUT2D eigenvalue weighted by Crippen LogP contribution is 2.20. The fourth-order valence-corrected chi connectivity index (χ4v) is 2.65. The summed E-state index contributed by atoms with van der Waals surface area (Å²) in [7, 11) is 0. The molecule has 0 amide bonds. The number of hydrogen-bond donors (Lipinski definition) is 3. The minimum absolute atomic E-state index is 0.231. The summed E-state index contributed by atoms with van der Waals surface area (Å²) in [5.74, 6) is 0.608. The molecule has 0 spiro atoms. The lowest BCUT2D eigenvalue weighted by Gasteiger charge is -2.09. The highest BCUT2D eigenvalue weighted by molar-refractivity contribution is 5.85. The maximum Gasteiger partial charge on any atom is 0.332 e. The quantitative estimate of drug-likeness (QED) is 0.501. The van der Waals surface area contributed by atoms with Crippen LogP contribution in [0.5, 0.6) is 0 Å². The van der Waals surface area contributed by atoms with Crippen LogP contribution in [0.4, 0.5) is 11.5 Å². The summed E-state index contributed by atoms with van der Waals surface area (Å²) in [4.78, 5) is 23.5. The number of fused-ring (bicyclic) bond motifs is 1. The lowest BCUT2D eigenvalue weighted by molar-refractivity contribution is 1.00. The van der Waals surface area contributed by atoms with Crippen molar-refractivity contribution in [3.8, 4) is 5.69 Å². The average molecular weight is 330 g/mol. The number of imidazole rings is 1. The number of aromatic amines is 1. The summed E-state index contributed by atoms with van der Waals surface area (Å²) >= 11 is 0. The number of benzene rings is 1. The minimum Gasteiger partial charge on any atom is -0.340 e. The van der Waals surface area contributed by atoms with Crippen LogP contribution in [0.25, 0.3) is 16.9 Å². The van der Waals surface area contributed by atoms with Crippen LogP contribution in [0.3, 0.4) is 0 Å². The number of nitrogens with zero attached hydrogens (tertiary/aromatic N) is 3. The predicted octanol–water partition coefficient (Wildman–Crippen LogP) is 2.85. The van der Waals surface area contributed by atoms with E-state index < -0.39 is 0 Å². The topological polar surface area (TPSA) is 99.5 Å². The largest absolute Gasteiger partial charge is 0.340 e. The Kier molecular flexibility index (Phi) is 3.59. The van der Waals surface area contributed by atoms with Gasteiger partial charge in [0.05, 0.1) is 11.2 Å². The van der Waals surface area contributed by atoms with E-state index in [1.54, 1.807) is 24.5 Å². The zero-order chi connectivity index (χ0) is 17.2. The normalized spacial score (nSPS) is 10.7. The van der Waals surface area contributed by atoms with Gasteiger partial charge in [0, 0.05) is 29.9 Å². The lowest BCUT2D eigenvalue weighted by atomic mass is 10.2. The summed E-state index contributed by atoms with van der Waals surface area (Å²) in [6.45, 7) is 0. The second kappa shape index (κ2) is 6.04. The van der Waals surface area contributed by atoms with Gasteiger partial charge in [-0.3, -0.25) is 0 Å². The Morgan fingerprint density at radius 3 is 2.60 bits per heavy atom. The van der Waals surface area contributed by atoms with Gasteiger partial charge in [0.2, 0.25) is 0 Å². The zero-order valence-electron chi connectivity index (χ0n) is 13.1. The average Bonchev–Trinajstić information content (AvgIpc) is 2.99. The van der Waals surface area contributed by atoms with Crippen LogP contribution < -0.4 is 11.0 Å². The van der Waals surface area contributed by atoms with E-state index in [-0.39, 0.29) is 5.69 Å². The molecule has 0 saturated carbocycles. The molecule has 3 heterocycles. The summed E-state index contributed by atoms with van der Waals surface area (Å²) in [6.07, 6.45) is 4.57. The third-order valence-electron chi connectivity index (χ3n) is 3.83. The molecular weight excluding hydrogens is 316 g/mol. The first-order valence-corrected chi connectivity index (χ1v) is 7.65. The molecule has 3 N–H and O–H groups in total. The molecule has 0 unspecified atom stereocenters. The molecule has 0 bridgehead atoms. The molecule has 1 aromatic carbocycles. The van der Waals surface area contributed by atoms with E-state index in [9.17, 15) is 4.79 Å². The number of nitrogens with one attached hydrogen (secondary N) is 3. The van der Waals surface area contributed by atoms with Crippen molar-refractivity contribution < 1.29 is 0 Å². The molecule has 0 fully saturated rings. The number of anilines is 2. The highest BCUT2D eigenvalue weighted by Gasteiger charge is 2.09. The van der Waals surface area contributed by atoms with Gasteiger partial charge in [-0.2, -0.15) is 0 Å². The van der Waals surface area contributed by atoms with Gasteiger partial charge in [0.15, 0.2) is 5.65 Å². The van der Waals surface area contributed by atoms with E-state index in [0.717, 1.165) is 5.69 Å². The van der Waals surface area contributed by atoms with E-state index in [4.69, 9.17) is 5.41 Å². The van der Waals surface area contributed by atoms with Gasteiger partial charge in [-0.1, -0.05) is 0 Å². The van der Waals surface area contributed by atoms with E-state index >= 15 is 0 Å². The van der Waals surface area contributed by atoms with E-state index in [2.05, 4.69) is 20.3 Å². The molecule has 0 aliphatic heterocycles. The van der Waals surface area contributed by atoms with Gasteiger partial charge in [-0.05, 0) is 48.5 Å². The van der Waals surface area contributed by atoms with Crippen LogP contribution >= 0.6 is 0 Å². The first kappa shape index (κ1) is 14.8. The second-order valence-corrected chi connectivity index (χ2v) is 5.40. The molecule has 0 aliphatic carbocycles. The maximum absolute atomic E-state index is 12.2. The number of aromatic nitrogens is 4. The Morgan fingerprint density at radius 2 is 1.80 bits per heavy atom. The Balaban J connectivity index is 1.69. The first-order valence-electron chi connectivity index (χ1n) is 7.65. The third-order valence-corrected chi connectivity index (χ3v) is 3.83. The van der Waals surface area contributed by atoms with Gasteiger partial charge in [0.1, 0.15) is 5.82 Å². The van der Waals surface area contributed by atoms with Crippen LogP contribution in [-0.2, 0) is 0 Å². The van der Waals surface area contributed by atoms with Gasteiger partial charge < -0.3 is 15.7 Å². The van der Waals surface area contributed by atoms with Crippen molar-refractivity contribution >= 4 is 28.9 Å². The molecule has 25 heavy (non-hydrogen) atoms. The summed E-state index contributed by atoms with van der Waals surface area (Å²) in [5, 5.41) is 10.6. The van der Waals surface area contributed by atoms with Gasteiger partial charge in [-0.15, -0.1) is 0 Å². The van der Waals surface area contributed by atoms with Crippen LogP contribution in [0.2, 0.25) is 0 Å². The second-order valence-electron chi connectivity index (χ2n) is 5.40. The lowest BCUT2D eigenvalue weighted by Crippen LogP contribution is -2.14. The first-order chi connectivity index (χ1) is 12.3. The molecule has 7 nitrogen and oxygen atoms in total. The van der Waals surface area contributed by atoms with Crippen molar-refractivity contribution in [3.05, 3.63) is 77.0 Å². The zero-order valence-corrected chi connectivity index (χ0v) is 13.1. The van der Waals surface area contributed by atoms with Gasteiger partial charge >= 0.3 is 5.69 Å². The predicted molar refractivity (Wildman–Crippen MR) is 97.1 cm³/mol. The van der Waals surface area contributed by atoms with E-state index in [1.807, 2.05) is 36.4 Å². The highest BCUT2D eigenvalue weighted by atomic mass is 16.1. The van der Waals surface area contributed by atoms with Gasteiger partial charge in [0.25, 0.3) is 0 Å². The van der Waals surface area contributed by atoms with Crippen molar-refractivity contribution in [3.63, 3.8) is 0 Å². The number of pyridine rings is 2. The molecule has 0 saturated heterocycles. The molecule has 7 heteroatoms. The monoisotopic (exact) mass is 330 g/mol. The standard InChI is InChI=1S/C18H14N6O/c19-11-12-3-1-9-20-16(12)22-13-5-7-14(8-6-13)24-17-15(23-18(24)25)4-2-10-21-17/h1-11,19H,(H,20,22)(H,23,25). The van der Waals surface area contributed by atoms with Crippen molar-refractivity contribution in [1.29, 1.82) is 5.41 Å². The SMILES string of the molecule is N=Cc1cccnc1Nc1ccc(-n2c(=O)[nH]c3cccnc32)cc1. The Morgan fingerprint density at radius 1 is 1.04 bits per heavy atom. The molecule has 0 radical (unpaired) electrons. The van der Waals surface area contributed by atoms with Crippen LogP contribution in [-0.4, -0.2) is 25.7 Å². The minimum atomic E-state index is -0.231. The Bertz CT molecular complexity index is 1110. The van der Waals surface area contributed by atoms with Gasteiger partial charge in [-0.25, -0.2) is 19.3 Å². The smallest absolute Gasteiger partial charge is 0.332 e. The summed E-state index contributed by atoms with van der Waals surface area (Å²) < 4.78 is 1.53. The van der Waals surface area contributed by atoms with Crippen molar-refractivity contribution in [2.45, 2.75) is 0 Å². The maximum atomic E-state index is 12.2. The van der Waals surface area contributed by atoms with Crippen LogP contribution in [0, 0.1) is 5.41 Å². The van der Waals surface area contributed by atoms with Crippen molar-refractivity contribution in [2.24, 2.45) is 0 Å². The molecule has 0 aliphatic rings. The molecule has 4 rings (SSSR count). The fraction of sp³-hybridized carbons (Fsp3) is 0. The number of rotatable bonds is 4. The summed E-state index contributed by atoms with van der Waals surface area (Å²) in [5.41, 5.74) is 3.27. The molecule has 122 valence electrons. The molecule has 3 aromatic heterocycles. The van der Waals surface area contributed by atoms with Crippen LogP contribution in [0.15, 0.2) is 65.7 Å². The fourth-order valence-electron chi connectivity index (χ4n) is 2.65. The summed E-state index contributed by atoms with van der Waals surface area (Å²) in [6, 6.07) is 14.6. The van der Waals surface area contributed by atoms with Crippen LogP contribution in [0.1, 0.15) is 5.56 Å². The molecule has 4 aromatic rings. The Labute approximate surface area is 142 Å². The number of hydrogen-bond acceptors (Lipinski definition) is 5. The molecular formula is C18H14N6O. The van der Waals surface area contributed by atoms with E-state index in [0.29, 0.717) is 28.2 Å². The number of H-pyrrole nitrogens is 1. The van der Waals surface area contributed by atoms with Crippen molar-refractivity contribution in [1.82, 2.24) is 19.5 Å². The molecule has 0 atom stereocenters. The van der Waals surface area contributed by atoms with Crippen molar-refractivity contribution in [2.75, 3.05) is 5.32 Å².